The van der Waals surface area contributed by atoms with Gasteiger partial charge in [0.2, 0.25) is 0 Å². The van der Waals surface area contributed by atoms with Crippen LogP contribution in [0.4, 0.5) is 14.6 Å². The van der Waals surface area contributed by atoms with E-state index in [0.29, 0.717) is 0 Å². The molecule has 2 bridgehead atoms. The number of phosphoric ester groups is 1. The van der Waals surface area contributed by atoms with Crippen LogP contribution in [0.5, 0.6) is 0 Å². The first-order valence-electron chi connectivity index (χ1n) is 12.7. The highest BCUT2D eigenvalue weighted by Crippen LogP contribution is 2.50. The van der Waals surface area contributed by atoms with Gasteiger partial charge in [-0.15, -0.1) is 0 Å². The highest BCUT2D eigenvalue weighted by molar-refractivity contribution is 7.84. The third-order valence-electron chi connectivity index (χ3n) is 7.19. The van der Waals surface area contributed by atoms with Gasteiger partial charge in [0.15, 0.2) is 53.5 Å². The molecule has 44 heavy (non-hydrogen) atoms. The Labute approximate surface area is 243 Å². The molecule has 20 nitrogen and oxygen atoms in total. The van der Waals surface area contributed by atoms with Gasteiger partial charge in [-0.05, 0) is 0 Å². The van der Waals surface area contributed by atoms with Gasteiger partial charge in [-0.1, -0.05) is 0 Å². The van der Waals surface area contributed by atoms with E-state index < -0.39 is 86.1 Å². The van der Waals surface area contributed by atoms with E-state index in [1.54, 1.807) is 0 Å². The van der Waals surface area contributed by atoms with Crippen molar-refractivity contribution in [2.45, 2.75) is 49.2 Å². The number of aromatic nitrogens is 8. The van der Waals surface area contributed by atoms with Crippen molar-refractivity contribution in [3.05, 3.63) is 35.7 Å². The number of halogens is 2. The van der Waals surface area contributed by atoms with Crippen LogP contribution in [0.25, 0.3) is 22.3 Å². The summed E-state index contributed by atoms with van der Waals surface area (Å²) in [5, 5.41) is 0. The molecule has 0 amide bonds. The first-order valence-corrected chi connectivity index (χ1v) is 15.6. The minimum atomic E-state index is -5.17. The molecule has 3 aliphatic heterocycles. The molecule has 1 unspecified atom stereocenters. The molecule has 9 atom stereocenters. The topological polar surface area (TPSA) is 263 Å². The number of nitrogens with two attached hydrogens (primary N) is 1. The number of hydrogen-bond acceptors (Lipinski definition) is 15. The number of hydrogen-bond donors (Lipinski definition) is 4. The fourth-order valence-electron chi connectivity index (χ4n) is 5.19. The van der Waals surface area contributed by atoms with Gasteiger partial charge in [-0.25, -0.2) is 42.4 Å². The summed E-state index contributed by atoms with van der Waals surface area (Å²) in [6.07, 6.45) is -10.3. The monoisotopic (exact) mass is 662 g/mol. The second-order valence-electron chi connectivity index (χ2n) is 9.86. The predicted octanol–water partition coefficient (Wildman–Crippen LogP) is -1.25. The van der Waals surface area contributed by atoms with Gasteiger partial charge in [-0.2, -0.15) is 13.1 Å². The fourth-order valence-corrected chi connectivity index (χ4v) is 7.07. The van der Waals surface area contributed by atoms with E-state index in [4.69, 9.17) is 28.4 Å². The Balaban J connectivity index is 1.21. The van der Waals surface area contributed by atoms with Crippen LogP contribution in [0.2, 0.25) is 0 Å². The maximum Gasteiger partial charge on any atom is 0.472 e. The summed E-state index contributed by atoms with van der Waals surface area (Å²) < 4.78 is 101. The molecule has 7 rings (SSSR count). The summed E-state index contributed by atoms with van der Waals surface area (Å²) in [7, 11) is -10.0. The summed E-state index contributed by atoms with van der Waals surface area (Å²) in [5.74, 6) is -0.00766. The molecule has 0 aliphatic carbocycles. The van der Waals surface area contributed by atoms with Crippen LogP contribution in [0, 0.1) is 0 Å². The molecule has 236 valence electrons. The molecule has 0 radical (unpaired) electrons. The molecule has 4 aromatic rings. The lowest BCUT2D eigenvalue weighted by atomic mass is 10.1. The van der Waals surface area contributed by atoms with E-state index in [9.17, 15) is 22.7 Å². The average Bonchev–Trinajstić information content (AvgIpc) is 3.73. The van der Waals surface area contributed by atoms with Crippen LogP contribution in [-0.2, 0) is 37.6 Å². The van der Waals surface area contributed by atoms with E-state index in [0.717, 1.165) is 34.4 Å². The van der Waals surface area contributed by atoms with Crippen LogP contribution >= 0.6 is 7.82 Å². The summed E-state index contributed by atoms with van der Waals surface area (Å²) in [5.41, 5.74) is 5.08. The summed E-state index contributed by atoms with van der Waals surface area (Å²) >= 11 is 0. The molecule has 0 saturated carbocycles. The number of nitrogens with zero attached hydrogens (tertiary/aromatic N) is 7. The Morgan fingerprint density at radius 3 is 2.48 bits per heavy atom. The van der Waals surface area contributed by atoms with Crippen LogP contribution < -0.4 is 16.0 Å². The van der Waals surface area contributed by atoms with Crippen LogP contribution in [0.3, 0.4) is 0 Å². The Kier molecular flexibility index (Phi) is 6.98. The molecule has 24 heteroatoms. The van der Waals surface area contributed by atoms with E-state index in [1.165, 1.54) is 0 Å². The standard InChI is InChI=1S/C20H21F2N10O10PS/c21-9-8-2-38-43(34,35)41-13-7(39-19(10(13)22)31-5-28-11-15(23)24-3-25-16(11)31)1-30-44(36,37)42-14(9)20(40-8)32-6-29-12-17(32)26-4-27-18(12)33/h3-10,13-14,19-20,30H,1-2H2,(H,34,35)(H2,23,24,25)(H,26,27,33)/t7-,8-,9-,10-,13-,14-,19-,20-/m1/s1. The predicted molar refractivity (Wildman–Crippen MR) is 138 cm³/mol. The third kappa shape index (κ3) is 4.95. The van der Waals surface area contributed by atoms with Gasteiger partial charge >= 0.3 is 18.1 Å². The zero-order chi connectivity index (χ0) is 31.0. The third-order valence-corrected chi connectivity index (χ3v) is 9.17. The van der Waals surface area contributed by atoms with Crippen molar-refractivity contribution in [2.75, 3.05) is 18.9 Å². The van der Waals surface area contributed by atoms with E-state index >= 15 is 8.78 Å². The van der Waals surface area contributed by atoms with Crippen LogP contribution in [-0.4, -0.2) is 102 Å². The van der Waals surface area contributed by atoms with Crippen LogP contribution in [0.15, 0.2) is 30.1 Å². The number of ether oxygens (including phenoxy) is 2. The molecular weight excluding hydrogens is 641 g/mol. The van der Waals surface area contributed by atoms with Crippen molar-refractivity contribution in [3.8, 4) is 0 Å². The molecule has 4 aromatic heterocycles. The number of fused-ring (bicyclic) bond motifs is 5. The fraction of sp³-hybridized carbons (Fsp3) is 0.500. The van der Waals surface area contributed by atoms with Crippen molar-refractivity contribution in [1.29, 1.82) is 0 Å². The largest absolute Gasteiger partial charge is 0.472 e. The molecule has 3 saturated heterocycles. The molecule has 0 aromatic carbocycles. The van der Waals surface area contributed by atoms with Crippen molar-refractivity contribution >= 4 is 46.3 Å². The lowest BCUT2D eigenvalue weighted by Crippen LogP contribution is -2.43. The number of imidazole rings is 2. The quantitative estimate of drug-likeness (QED) is 0.183. The second-order valence-corrected chi connectivity index (χ2v) is 12.7. The smallest absolute Gasteiger partial charge is 0.382 e. The molecule has 3 fully saturated rings. The van der Waals surface area contributed by atoms with Gasteiger partial charge in [0, 0.05) is 6.54 Å². The number of phosphoric acid groups is 1. The number of alkyl halides is 2. The maximum absolute atomic E-state index is 15.8. The van der Waals surface area contributed by atoms with Gasteiger partial charge in [-0.3, -0.25) is 23.0 Å². The van der Waals surface area contributed by atoms with E-state index in [2.05, 4.69) is 29.9 Å². The van der Waals surface area contributed by atoms with Crippen molar-refractivity contribution in [1.82, 2.24) is 43.8 Å². The molecule has 0 spiro atoms. The minimum absolute atomic E-state index is 0.00766. The normalized spacial score (nSPS) is 36.1. The summed E-state index contributed by atoms with van der Waals surface area (Å²) in [6.45, 7) is -1.72. The Morgan fingerprint density at radius 1 is 0.977 bits per heavy atom. The Morgan fingerprint density at radius 2 is 1.68 bits per heavy atom. The Bertz CT molecular complexity index is 1960. The number of H-pyrrole nitrogens is 1. The van der Waals surface area contributed by atoms with Gasteiger partial charge in [0.25, 0.3) is 5.56 Å². The number of nitrogens with one attached hydrogen (secondary N) is 2. The molecular formula is C20H21F2N10O10PS. The molecule has 7 heterocycles. The molecule has 5 N–H and O–H groups in total. The maximum atomic E-state index is 15.8. The van der Waals surface area contributed by atoms with Crippen LogP contribution in [0.1, 0.15) is 12.5 Å². The number of nitrogen functional groups attached to an aromatic ring is 1. The number of rotatable bonds is 2. The highest BCUT2D eigenvalue weighted by atomic mass is 32.2. The van der Waals surface area contributed by atoms with Crippen molar-refractivity contribution < 1.29 is 49.4 Å². The summed E-state index contributed by atoms with van der Waals surface area (Å²) in [4.78, 5) is 44.6. The first kappa shape index (κ1) is 29.2. The zero-order valence-electron chi connectivity index (χ0n) is 21.8. The zero-order valence-corrected chi connectivity index (χ0v) is 23.5. The highest BCUT2D eigenvalue weighted by Gasteiger charge is 2.54. The minimum Gasteiger partial charge on any atom is -0.382 e. The van der Waals surface area contributed by atoms with Gasteiger partial charge < -0.3 is 25.1 Å². The number of aromatic amines is 1. The second kappa shape index (κ2) is 10.5. The molecule has 3 aliphatic rings. The first-order chi connectivity index (χ1) is 20.9. The van der Waals surface area contributed by atoms with E-state index in [-0.39, 0.29) is 28.1 Å². The van der Waals surface area contributed by atoms with Gasteiger partial charge in [0.1, 0.15) is 30.2 Å². The average molecular weight is 662 g/mol. The number of anilines is 1. The van der Waals surface area contributed by atoms with Crippen molar-refractivity contribution in [3.63, 3.8) is 0 Å². The summed E-state index contributed by atoms with van der Waals surface area (Å²) in [6, 6.07) is 0. The lowest BCUT2D eigenvalue weighted by Gasteiger charge is -2.24. The van der Waals surface area contributed by atoms with E-state index in [1.807, 2.05) is 4.72 Å². The lowest BCUT2D eigenvalue weighted by molar-refractivity contribution is -0.0507. The Hall–Kier alpha value is -3.54. The SMILES string of the molecule is Nc1ncnc2c1ncn2[C@@H]1O[C@@H]2CNS(=O)(=O)O[C@@H]3[C@H](F)[C@@H](COP(=O)(O)O[C@H]2[C@H]1F)O[C@H]3n1cnc2c(=O)[nH]cnc21. The van der Waals surface area contributed by atoms with Gasteiger partial charge in [0.05, 0.1) is 25.6 Å². The van der Waals surface area contributed by atoms with Crippen molar-refractivity contribution in [2.24, 2.45) is 0 Å².